The monoisotopic (exact) mass is 319 g/mol. The smallest absolute Gasteiger partial charge is 0.0471 e. The summed E-state index contributed by atoms with van der Waals surface area (Å²) in [6, 6.07) is 6.42. The van der Waals surface area contributed by atoms with Crippen molar-refractivity contribution in [1.29, 1.82) is 0 Å². The minimum absolute atomic E-state index is 0.537. The Hall–Kier alpha value is -0.770. The fourth-order valence-electron chi connectivity index (χ4n) is 4.49. The van der Waals surface area contributed by atoms with Gasteiger partial charge in [0.1, 0.15) is 0 Å². The molecule has 120 valence electrons. The highest BCUT2D eigenvalue weighted by atomic mass is 35.5. The molecule has 0 radical (unpaired) electrons. The number of hydrogen-bond donors (Lipinski definition) is 1. The van der Waals surface area contributed by atoms with E-state index in [1.165, 1.54) is 76.2 Å². The zero-order valence-corrected chi connectivity index (χ0v) is 14.0. The van der Waals surface area contributed by atoms with Crippen molar-refractivity contribution in [2.75, 3.05) is 44.2 Å². The minimum atomic E-state index is 0.537. The lowest BCUT2D eigenvalue weighted by Gasteiger charge is -2.26. The predicted octanol–water partition coefficient (Wildman–Crippen LogP) is 3.13. The van der Waals surface area contributed by atoms with E-state index < -0.39 is 0 Å². The number of hydrogen-bond acceptors (Lipinski definition) is 3. The van der Waals surface area contributed by atoms with Gasteiger partial charge in [-0.15, -0.1) is 0 Å². The highest BCUT2D eigenvalue weighted by Gasteiger charge is 2.40. The molecule has 1 spiro atoms. The van der Waals surface area contributed by atoms with Gasteiger partial charge in [-0.05, 0) is 56.3 Å². The van der Waals surface area contributed by atoms with E-state index in [4.69, 9.17) is 11.6 Å². The van der Waals surface area contributed by atoms with Crippen LogP contribution in [-0.2, 0) is 6.54 Å². The average molecular weight is 320 g/mol. The molecular weight excluding hydrogens is 294 g/mol. The normalized spacial score (nSPS) is 29.0. The maximum atomic E-state index is 6.57. The molecule has 1 N–H and O–H groups in total. The van der Waals surface area contributed by atoms with Crippen LogP contribution in [0.25, 0.3) is 0 Å². The summed E-state index contributed by atoms with van der Waals surface area (Å²) in [7, 11) is 0. The summed E-state index contributed by atoms with van der Waals surface area (Å²) >= 11 is 6.57. The lowest BCUT2D eigenvalue weighted by Crippen LogP contribution is -2.29. The molecule has 3 heterocycles. The lowest BCUT2D eigenvalue weighted by atomic mass is 9.86. The van der Waals surface area contributed by atoms with Gasteiger partial charge in [0, 0.05) is 49.0 Å². The number of halogens is 1. The van der Waals surface area contributed by atoms with Crippen molar-refractivity contribution in [2.45, 2.75) is 32.2 Å². The Balaban J connectivity index is 1.52. The Kier molecular flexibility index (Phi) is 4.05. The second kappa shape index (κ2) is 6.03. The molecular formula is C18H26ClN3. The molecule has 0 saturated carbocycles. The van der Waals surface area contributed by atoms with Gasteiger partial charge in [-0.3, -0.25) is 4.90 Å². The number of rotatable bonds is 3. The molecule has 3 saturated heterocycles. The molecule has 22 heavy (non-hydrogen) atoms. The number of likely N-dealkylation sites (tertiary alicyclic amines) is 1. The highest BCUT2D eigenvalue weighted by Crippen LogP contribution is 2.38. The molecule has 3 aliphatic heterocycles. The van der Waals surface area contributed by atoms with E-state index in [1.807, 2.05) is 0 Å². The van der Waals surface area contributed by atoms with Crippen LogP contribution in [0.2, 0.25) is 5.02 Å². The van der Waals surface area contributed by atoms with E-state index in [0.717, 1.165) is 11.6 Å². The molecule has 3 fully saturated rings. The average Bonchev–Trinajstić information content (AvgIpc) is 3.26. The molecule has 0 aliphatic carbocycles. The van der Waals surface area contributed by atoms with Crippen molar-refractivity contribution in [2.24, 2.45) is 5.41 Å². The van der Waals surface area contributed by atoms with Crippen LogP contribution in [0.1, 0.15) is 31.2 Å². The number of anilines is 1. The Morgan fingerprint density at radius 2 is 2.00 bits per heavy atom. The van der Waals surface area contributed by atoms with Crippen molar-refractivity contribution in [3.8, 4) is 0 Å². The van der Waals surface area contributed by atoms with Crippen LogP contribution >= 0.6 is 11.6 Å². The van der Waals surface area contributed by atoms with Gasteiger partial charge in [-0.1, -0.05) is 17.7 Å². The van der Waals surface area contributed by atoms with E-state index in [1.54, 1.807) is 0 Å². The van der Waals surface area contributed by atoms with E-state index in [2.05, 4.69) is 33.3 Å². The van der Waals surface area contributed by atoms with Crippen molar-refractivity contribution in [3.63, 3.8) is 0 Å². The van der Waals surface area contributed by atoms with Gasteiger partial charge in [-0.25, -0.2) is 0 Å². The molecule has 4 heteroatoms. The van der Waals surface area contributed by atoms with Crippen LogP contribution < -0.4 is 10.2 Å². The van der Waals surface area contributed by atoms with Crippen LogP contribution in [0, 0.1) is 5.41 Å². The van der Waals surface area contributed by atoms with E-state index >= 15 is 0 Å². The van der Waals surface area contributed by atoms with Gasteiger partial charge >= 0.3 is 0 Å². The predicted molar refractivity (Wildman–Crippen MR) is 92.7 cm³/mol. The topological polar surface area (TPSA) is 18.5 Å². The molecule has 3 nitrogen and oxygen atoms in total. The molecule has 4 rings (SSSR count). The number of nitrogens with zero attached hydrogens (tertiary/aromatic N) is 2. The quantitative estimate of drug-likeness (QED) is 0.923. The fourth-order valence-corrected chi connectivity index (χ4v) is 4.72. The molecule has 0 aromatic heterocycles. The molecule has 1 unspecified atom stereocenters. The van der Waals surface area contributed by atoms with Crippen molar-refractivity contribution in [3.05, 3.63) is 28.8 Å². The first-order chi connectivity index (χ1) is 10.8. The van der Waals surface area contributed by atoms with Crippen LogP contribution in [0.4, 0.5) is 5.69 Å². The van der Waals surface area contributed by atoms with Crippen LogP contribution in [0.3, 0.4) is 0 Å². The first kappa shape index (κ1) is 14.8. The summed E-state index contributed by atoms with van der Waals surface area (Å²) in [5, 5.41) is 4.49. The van der Waals surface area contributed by atoms with E-state index in [0.29, 0.717) is 5.41 Å². The largest absolute Gasteiger partial charge is 0.371 e. The van der Waals surface area contributed by atoms with Gasteiger partial charge in [0.05, 0.1) is 0 Å². The number of benzene rings is 1. The van der Waals surface area contributed by atoms with Gasteiger partial charge in [0.2, 0.25) is 0 Å². The Bertz CT molecular complexity index is 533. The summed E-state index contributed by atoms with van der Waals surface area (Å²) in [4.78, 5) is 5.14. The summed E-state index contributed by atoms with van der Waals surface area (Å²) in [6.45, 7) is 8.20. The zero-order chi connectivity index (χ0) is 15.0. The van der Waals surface area contributed by atoms with Crippen molar-refractivity contribution >= 4 is 17.3 Å². The first-order valence-electron chi connectivity index (χ1n) is 8.71. The van der Waals surface area contributed by atoms with E-state index in [-0.39, 0.29) is 0 Å². The third-order valence-electron chi connectivity index (χ3n) is 5.77. The van der Waals surface area contributed by atoms with Gasteiger partial charge in [0.25, 0.3) is 0 Å². The molecule has 0 bridgehead atoms. The van der Waals surface area contributed by atoms with Crippen molar-refractivity contribution in [1.82, 2.24) is 10.2 Å². The Labute approximate surface area is 138 Å². The lowest BCUT2D eigenvalue weighted by molar-refractivity contribution is 0.269. The summed E-state index contributed by atoms with van der Waals surface area (Å²) in [5.74, 6) is 0. The second-order valence-electron chi connectivity index (χ2n) is 7.32. The molecule has 1 atom stereocenters. The third kappa shape index (κ3) is 2.75. The maximum Gasteiger partial charge on any atom is 0.0471 e. The van der Waals surface area contributed by atoms with Crippen LogP contribution in [0.5, 0.6) is 0 Å². The van der Waals surface area contributed by atoms with Gasteiger partial charge < -0.3 is 10.2 Å². The second-order valence-corrected chi connectivity index (χ2v) is 7.73. The maximum absolute atomic E-state index is 6.57. The first-order valence-corrected chi connectivity index (χ1v) is 9.09. The Morgan fingerprint density at radius 1 is 1.14 bits per heavy atom. The fraction of sp³-hybridized carbons (Fsp3) is 0.667. The van der Waals surface area contributed by atoms with Crippen LogP contribution in [-0.4, -0.2) is 44.2 Å². The van der Waals surface area contributed by atoms with Crippen molar-refractivity contribution < 1.29 is 0 Å². The standard InChI is InChI=1S/C18H26ClN3/c19-16-4-3-5-17(22-9-1-2-10-22)15(16)12-21-11-7-18(14-21)6-8-20-13-18/h3-5,20H,1-2,6-14H2. The minimum Gasteiger partial charge on any atom is -0.371 e. The van der Waals surface area contributed by atoms with E-state index in [9.17, 15) is 0 Å². The highest BCUT2D eigenvalue weighted by molar-refractivity contribution is 6.31. The van der Waals surface area contributed by atoms with Gasteiger partial charge in [0.15, 0.2) is 0 Å². The molecule has 1 aromatic carbocycles. The molecule has 3 aliphatic rings. The van der Waals surface area contributed by atoms with Gasteiger partial charge in [-0.2, -0.15) is 0 Å². The summed E-state index contributed by atoms with van der Waals surface area (Å²) in [6.07, 6.45) is 5.30. The SMILES string of the molecule is Clc1cccc(N2CCCC2)c1CN1CCC2(CCNC2)C1. The number of nitrogens with one attached hydrogen (secondary N) is 1. The third-order valence-corrected chi connectivity index (χ3v) is 6.13. The summed E-state index contributed by atoms with van der Waals surface area (Å²) in [5.41, 5.74) is 3.25. The van der Waals surface area contributed by atoms with Crippen LogP contribution in [0.15, 0.2) is 18.2 Å². The molecule has 1 aromatic rings. The summed E-state index contributed by atoms with van der Waals surface area (Å²) < 4.78 is 0. The zero-order valence-electron chi connectivity index (χ0n) is 13.3. The Morgan fingerprint density at radius 3 is 2.77 bits per heavy atom. The molecule has 0 amide bonds.